The number of carbonyl (C=O) groups excluding carboxylic acids is 1. The highest BCUT2D eigenvalue weighted by Crippen LogP contribution is 2.29. The van der Waals surface area contributed by atoms with Crippen molar-refractivity contribution in [3.8, 4) is 0 Å². The molecule has 4 rings (SSSR count). The number of aliphatic imine (C=N–C) groups is 1. The number of aromatic amines is 1. The monoisotopic (exact) mass is 500 g/mol. The van der Waals surface area contributed by atoms with E-state index < -0.39 is 36.6 Å². The first kappa shape index (κ1) is 24.0. The number of ether oxygens (including phenoxy) is 1. The minimum Gasteiger partial charge on any atom is -0.372 e. The molecule has 0 aromatic carbocycles. The van der Waals surface area contributed by atoms with Crippen molar-refractivity contribution in [3.05, 3.63) is 53.3 Å². The third-order valence-corrected chi connectivity index (χ3v) is 5.59. The van der Waals surface area contributed by atoms with Gasteiger partial charge in [-0.25, -0.2) is 9.37 Å². The second-order valence-corrected chi connectivity index (χ2v) is 8.21. The summed E-state index contributed by atoms with van der Waals surface area (Å²) < 4.78 is 58.5. The van der Waals surface area contributed by atoms with Gasteiger partial charge in [-0.1, -0.05) is 17.7 Å². The molecule has 13 heteroatoms. The van der Waals surface area contributed by atoms with E-state index in [2.05, 4.69) is 26.9 Å². The fourth-order valence-electron chi connectivity index (χ4n) is 3.92. The quantitative estimate of drug-likeness (QED) is 0.401. The number of halogens is 5. The van der Waals surface area contributed by atoms with Crippen LogP contribution in [-0.2, 0) is 9.53 Å². The molecule has 4 heterocycles. The number of aromatic nitrogens is 2. The smallest absolute Gasteiger partial charge is 0.372 e. The summed E-state index contributed by atoms with van der Waals surface area (Å²) in [6, 6.07) is 0.597. The standard InChI is InChI=1S/C21H21ClF4N6O2/c1-2-3-34-12-5-16(20(33)30-10-21(24,25)26)32(9-12)19-15(23)8-29-18(31-19)14-7-28-17-13(14)4-11(22)6-27-17/h2,4,6-7,12,16H,1,3,5,8-10H2,(H,27,28)(H,29,31)(H,30,33)/t12?,16-/m1/s1. The summed E-state index contributed by atoms with van der Waals surface area (Å²) in [7, 11) is 0. The van der Waals surface area contributed by atoms with Crippen LogP contribution in [-0.4, -0.2) is 71.2 Å². The number of alkyl halides is 3. The molecule has 1 fully saturated rings. The highest BCUT2D eigenvalue weighted by molar-refractivity contribution is 6.31. The number of fused-ring (bicyclic) bond motifs is 1. The minimum absolute atomic E-state index is 0.0498. The van der Waals surface area contributed by atoms with Crippen LogP contribution in [0.3, 0.4) is 0 Å². The van der Waals surface area contributed by atoms with Crippen LogP contribution in [0.15, 0.2) is 47.8 Å². The third kappa shape index (κ3) is 5.17. The number of nitrogens with one attached hydrogen (secondary N) is 3. The predicted octanol–water partition coefficient (Wildman–Crippen LogP) is 3.03. The Kier molecular flexibility index (Phi) is 6.80. The van der Waals surface area contributed by atoms with Gasteiger partial charge in [0, 0.05) is 36.3 Å². The summed E-state index contributed by atoms with van der Waals surface area (Å²) in [5, 5.41) is 5.83. The van der Waals surface area contributed by atoms with Crippen LogP contribution in [0.2, 0.25) is 5.02 Å². The Balaban J connectivity index is 1.59. The predicted molar refractivity (Wildman–Crippen MR) is 118 cm³/mol. The molecular weight excluding hydrogens is 480 g/mol. The molecule has 8 nitrogen and oxygen atoms in total. The Morgan fingerprint density at radius 3 is 2.97 bits per heavy atom. The molecule has 2 aromatic rings. The third-order valence-electron chi connectivity index (χ3n) is 5.39. The highest BCUT2D eigenvalue weighted by Gasteiger charge is 2.41. The van der Waals surface area contributed by atoms with Crippen LogP contribution in [0.5, 0.6) is 0 Å². The molecule has 2 aliphatic rings. The molecule has 34 heavy (non-hydrogen) atoms. The van der Waals surface area contributed by atoms with Crippen molar-refractivity contribution in [2.24, 2.45) is 4.99 Å². The zero-order valence-electron chi connectivity index (χ0n) is 17.8. The summed E-state index contributed by atoms with van der Waals surface area (Å²) in [5.41, 5.74) is 1.12. The van der Waals surface area contributed by atoms with Crippen LogP contribution in [0, 0.1) is 0 Å². The molecule has 2 atom stereocenters. The van der Waals surface area contributed by atoms with Crippen molar-refractivity contribution in [2.75, 3.05) is 26.2 Å². The Bertz CT molecular complexity index is 1160. The van der Waals surface area contributed by atoms with Gasteiger partial charge in [-0.05, 0) is 6.07 Å². The molecule has 2 aromatic heterocycles. The van der Waals surface area contributed by atoms with Gasteiger partial charge in [0.1, 0.15) is 29.9 Å². The average Bonchev–Trinajstić information content (AvgIpc) is 3.40. The molecule has 0 saturated carbocycles. The van der Waals surface area contributed by atoms with Crippen molar-refractivity contribution in [1.29, 1.82) is 0 Å². The van der Waals surface area contributed by atoms with Gasteiger partial charge >= 0.3 is 6.18 Å². The second kappa shape index (κ2) is 9.63. The van der Waals surface area contributed by atoms with E-state index in [1.165, 1.54) is 17.2 Å². The summed E-state index contributed by atoms with van der Waals surface area (Å²) in [4.78, 5) is 25.4. The van der Waals surface area contributed by atoms with Crippen molar-refractivity contribution >= 4 is 34.4 Å². The zero-order valence-corrected chi connectivity index (χ0v) is 18.5. The lowest BCUT2D eigenvalue weighted by molar-refractivity contribution is -0.140. The maximum absolute atomic E-state index is 14.9. The number of hydrogen-bond donors (Lipinski definition) is 3. The number of amidine groups is 1. The Hall–Kier alpha value is -3.12. The van der Waals surface area contributed by atoms with E-state index in [0.717, 1.165) is 0 Å². The summed E-state index contributed by atoms with van der Waals surface area (Å²) >= 11 is 6.06. The van der Waals surface area contributed by atoms with Crippen molar-refractivity contribution in [3.63, 3.8) is 0 Å². The van der Waals surface area contributed by atoms with E-state index in [4.69, 9.17) is 16.3 Å². The van der Waals surface area contributed by atoms with Gasteiger partial charge in [0.2, 0.25) is 5.91 Å². The molecule has 2 aliphatic heterocycles. The number of nitrogens with zero attached hydrogens (tertiary/aromatic N) is 3. The number of likely N-dealkylation sites (tertiary alicyclic amines) is 1. The van der Waals surface area contributed by atoms with Crippen molar-refractivity contribution in [1.82, 2.24) is 25.5 Å². The van der Waals surface area contributed by atoms with E-state index in [9.17, 15) is 22.4 Å². The highest BCUT2D eigenvalue weighted by atomic mass is 35.5. The van der Waals surface area contributed by atoms with Crippen molar-refractivity contribution in [2.45, 2.75) is 24.7 Å². The fourth-order valence-corrected chi connectivity index (χ4v) is 4.08. The van der Waals surface area contributed by atoms with E-state index in [1.54, 1.807) is 12.3 Å². The largest absolute Gasteiger partial charge is 0.405 e. The summed E-state index contributed by atoms with van der Waals surface area (Å²) in [6.07, 6.45) is -0.386. The number of H-pyrrole nitrogens is 1. The number of amides is 1. The van der Waals surface area contributed by atoms with Crippen LogP contribution in [0.4, 0.5) is 17.6 Å². The van der Waals surface area contributed by atoms with Gasteiger partial charge in [-0.2, -0.15) is 13.2 Å². The lowest BCUT2D eigenvalue weighted by atomic mass is 10.1. The molecule has 1 saturated heterocycles. The van der Waals surface area contributed by atoms with Crippen molar-refractivity contribution < 1.29 is 27.1 Å². The van der Waals surface area contributed by atoms with E-state index in [1.807, 2.05) is 5.32 Å². The molecule has 0 aliphatic carbocycles. The Morgan fingerprint density at radius 1 is 1.44 bits per heavy atom. The van der Waals surface area contributed by atoms with Gasteiger partial charge in [-0.15, -0.1) is 6.58 Å². The van der Waals surface area contributed by atoms with E-state index in [-0.39, 0.29) is 31.9 Å². The van der Waals surface area contributed by atoms with E-state index >= 15 is 0 Å². The van der Waals surface area contributed by atoms with Crippen LogP contribution in [0.1, 0.15) is 12.0 Å². The summed E-state index contributed by atoms with van der Waals surface area (Å²) in [5.74, 6) is -1.28. The molecule has 0 radical (unpaired) electrons. The van der Waals surface area contributed by atoms with E-state index in [0.29, 0.717) is 27.5 Å². The topological polar surface area (TPSA) is 94.6 Å². The Morgan fingerprint density at radius 2 is 2.24 bits per heavy atom. The molecule has 0 bridgehead atoms. The van der Waals surface area contributed by atoms with Crippen LogP contribution in [0.25, 0.3) is 11.0 Å². The molecular formula is C21H21ClF4N6O2. The van der Waals surface area contributed by atoms with Gasteiger partial charge < -0.3 is 25.3 Å². The number of carbonyl (C=O) groups is 1. The maximum Gasteiger partial charge on any atom is 0.405 e. The van der Waals surface area contributed by atoms with Gasteiger partial charge in [0.05, 0.1) is 24.3 Å². The molecule has 0 spiro atoms. The zero-order chi connectivity index (χ0) is 24.5. The molecule has 182 valence electrons. The van der Waals surface area contributed by atoms with Gasteiger partial charge in [-0.3, -0.25) is 9.79 Å². The van der Waals surface area contributed by atoms with Crippen LogP contribution >= 0.6 is 11.6 Å². The average molecular weight is 501 g/mol. The fraction of sp³-hybridized carbons (Fsp3) is 0.381. The SMILES string of the molecule is C=CCOC1C[C@H](C(=O)NCC(F)(F)F)N(C2=C(F)CN=C(c3c[nH]c4ncc(Cl)cc34)N2)C1. The van der Waals surface area contributed by atoms with Gasteiger partial charge in [0.15, 0.2) is 5.83 Å². The van der Waals surface area contributed by atoms with Crippen LogP contribution < -0.4 is 10.6 Å². The van der Waals surface area contributed by atoms with Gasteiger partial charge in [0.25, 0.3) is 0 Å². The number of rotatable bonds is 7. The minimum atomic E-state index is -4.57. The first-order chi connectivity index (χ1) is 16.2. The normalized spacial score (nSPS) is 21.0. The number of pyridine rings is 1. The molecule has 3 N–H and O–H groups in total. The number of hydrogen-bond acceptors (Lipinski definition) is 6. The molecule has 1 amide bonds. The lowest BCUT2D eigenvalue weighted by Crippen LogP contribution is -2.49. The maximum atomic E-state index is 14.9. The molecule has 1 unspecified atom stereocenters. The second-order valence-electron chi connectivity index (χ2n) is 7.78. The Labute approximate surface area is 196 Å². The first-order valence-electron chi connectivity index (χ1n) is 10.3. The first-order valence-corrected chi connectivity index (χ1v) is 10.7. The lowest BCUT2D eigenvalue weighted by Gasteiger charge is -2.31. The summed E-state index contributed by atoms with van der Waals surface area (Å²) in [6.45, 7) is 2.03.